The number of nitrogens with zero attached hydrogens (tertiary/aromatic N) is 3. The Morgan fingerprint density at radius 1 is 1.00 bits per heavy atom. The summed E-state index contributed by atoms with van der Waals surface area (Å²) >= 11 is 13.5. The van der Waals surface area contributed by atoms with Crippen LogP contribution in [0.25, 0.3) is 16.6 Å². The van der Waals surface area contributed by atoms with Crippen LogP contribution in [0.3, 0.4) is 0 Å². The lowest BCUT2D eigenvalue weighted by molar-refractivity contribution is 0.819. The average Bonchev–Trinajstić information content (AvgIpc) is 2.73. The van der Waals surface area contributed by atoms with Gasteiger partial charge in [0.1, 0.15) is 0 Å². The number of benzene rings is 3. The molecule has 4 nitrogen and oxygen atoms in total. The van der Waals surface area contributed by atoms with E-state index in [2.05, 4.69) is 6.07 Å². The van der Waals surface area contributed by atoms with Gasteiger partial charge in [-0.25, -0.2) is 4.98 Å². The second-order valence-electron chi connectivity index (χ2n) is 6.23. The lowest BCUT2D eigenvalue weighted by Crippen LogP contribution is -2.21. The average molecular weight is 438 g/mol. The van der Waals surface area contributed by atoms with E-state index in [-0.39, 0.29) is 5.56 Å². The van der Waals surface area contributed by atoms with Crippen molar-refractivity contribution < 1.29 is 0 Å². The Morgan fingerprint density at radius 2 is 1.72 bits per heavy atom. The molecule has 0 unspecified atom stereocenters. The lowest BCUT2D eigenvalue weighted by Gasteiger charge is -2.14. The predicted molar refractivity (Wildman–Crippen MR) is 118 cm³/mol. The smallest absolute Gasteiger partial charge is 0.266 e. The third kappa shape index (κ3) is 4.01. The molecule has 142 valence electrons. The number of hydrogen-bond donors (Lipinski definition) is 0. The van der Waals surface area contributed by atoms with Crippen molar-refractivity contribution in [2.45, 2.75) is 10.9 Å². The Kier molecular flexibility index (Phi) is 5.59. The first-order valence-electron chi connectivity index (χ1n) is 8.66. The van der Waals surface area contributed by atoms with Crippen LogP contribution in [0.1, 0.15) is 11.1 Å². The zero-order valence-electron chi connectivity index (χ0n) is 15.0. The van der Waals surface area contributed by atoms with Gasteiger partial charge in [-0.2, -0.15) is 5.26 Å². The summed E-state index contributed by atoms with van der Waals surface area (Å²) in [6.45, 7) is 0. The van der Waals surface area contributed by atoms with Gasteiger partial charge >= 0.3 is 0 Å². The third-order valence-corrected chi connectivity index (χ3v) is 5.85. The van der Waals surface area contributed by atoms with Crippen molar-refractivity contribution in [3.63, 3.8) is 0 Å². The van der Waals surface area contributed by atoms with Crippen LogP contribution < -0.4 is 5.56 Å². The molecule has 0 spiro atoms. The molecule has 0 atom stereocenters. The van der Waals surface area contributed by atoms with Gasteiger partial charge in [-0.05, 0) is 54.1 Å². The van der Waals surface area contributed by atoms with Crippen molar-refractivity contribution in [3.8, 4) is 11.8 Å². The van der Waals surface area contributed by atoms with Crippen molar-refractivity contribution in [2.24, 2.45) is 0 Å². The second kappa shape index (κ2) is 8.30. The van der Waals surface area contributed by atoms with Crippen molar-refractivity contribution in [2.75, 3.05) is 0 Å². The summed E-state index contributed by atoms with van der Waals surface area (Å²) in [7, 11) is 0. The number of nitriles is 1. The fourth-order valence-corrected chi connectivity index (χ4v) is 4.26. The minimum absolute atomic E-state index is 0.190. The summed E-state index contributed by atoms with van der Waals surface area (Å²) in [6.07, 6.45) is 0. The van der Waals surface area contributed by atoms with Crippen molar-refractivity contribution in [3.05, 3.63) is 98.3 Å². The van der Waals surface area contributed by atoms with Crippen molar-refractivity contribution in [1.82, 2.24) is 9.55 Å². The van der Waals surface area contributed by atoms with Crippen molar-refractivity contribution in [1.29, 1.82) is 5.26 Å². The molecule has 0 N–H and O–H groups in total. The van der Waals surface area contributed by atoms with E-state index in [4.69, 9.17) is 28.2 Å². The standard InChI is InChI=1S/C22H13Cl2N3OS/c23-16-5-8-18(9-6-16)27-21(28)19-10-7-17(24)11-20(19)26-22(27)29-13-15-4-2-1-3-14(15)12-25/h1-11H,13H2. The summed E-state index contributed by atoms with van der Waals surface area (Å²) in [5.41, 5.74) is 2.49. The molecule has 0 saturated carbocycles. The summed E-state index contributed by atoms with van der Waals surface area (Å²) in [6, 6.07) is 21.6. The zero-order chi connectivity index (χ0) is 20.4. The number of thioether (sulfide) groups is 1. The maximum absolute atomic E-state index is 13.3. The highest BCUT2D eigenvalue weighted by molar-refractivity contribution is 7.98. The minimum atomic E-state index is -0.190. The highest BCUT2D eigenvalue weighted by Gasteiger charge is 2.15. The van der Waals surface area contributed by atoms with Gasteiger partial charge in [-0.15, -0.1) is 0 Å². The van der Waals surface area contributed by atoms with Gasteiger partial charge in [-0.1, -0.05) is 53.2 Å². The van der Waals surface area contributed by atoms with E-state index >= 15 is 0 Å². The summed E-state index contributed by atoms with van der Waals surface area (Å²) in [4.78, 5) is 18.0. The molecule has 0 fully saturated rings. The molecule has 0 saturated heterocycles. The summed E-state index contributed by atoms with van der Waals surface area (Å²) in [5, 5.41) is 11.4. The maximum atomic E-state index is 13.3. The van der Waals surface area contributed by atoms with Gasteiger partial charge in [0.15, 0.2) is 5.16 Å². The molecule has 7 heteroatoms. The molecule has 3 aromatic carbocycles. The third-order valence-electron chi connectivity index (χ3n) is 4.38. The summed E-state index contributed by atoms with van der Waals surface area (Å²) < 4.78 is 1.56. The van der Waals surface area contributed by atoms with Gasteiger partial charge in [0, 0.05) is 15.8 Å². The molecule has 1 heterocycles. The lowest BCUT2D eigenvalue weighted by atomic mass is 10.1. The number of aromatic nitrogens is 2. The van der Waals surface area contributed by atoms with Gasteiger partial charge in [0.05, 0.1) is 28.2 Å². The Bertz CT molecular complexity index is 1310. The molecule has 0 bridgehead atoms. The van der Waals surface area contributed by atoms with Gasteiger partial charge in [0.2, 0.25) is 0 Å². The molecule has 29 heavy (non-hydrogen) atoms. The maximum Gasteiger partial charge on any atom is 0.266 e. The first-order valence-corrected chi connectivity index (χ1v) is 10.4. The Balaban J connectivity index is 1.86. The molecule has 0 amide bonds. The van der Waals surface area contributed by atoms with E-state index < -0.39 is 0 Å². The molecular formula is C22H13Cl2N3OS. The molecule has 0 aliphatic carbocycles. The predicted octanol–water partition coefficient (Wildman–Crippen LogP) is 5.86. The number of hydrogen-bond acceptors (Lipinski definition) is 4. The van der Waals surface area contributed by atoms with Crippen LogP contribution in [-0.2, 0) is 5.75 Å². The fourth-order valence-electron chi connectivity index (χ4n) is 2.95. The van der Waals surface area contributed by atoms with E-state index in [9.17, 15) is 10.1 Å². The second-order valence-corrected chi connectivity index (χ2v) is 8.05. The van der Waals surface area contributed by atoms with Crippen LogP contribution in [0.4, 0.5) is 0 Å². The molecule has 0 aliphatic rings. The first kappa shape index (κ1) is 19.5. The molecule has 0 radical (unpaired) electrons. The highest BCUT2D eigenvalue weighted by Crippen LogP contribution is 2.27. The van der Waals surface area contributed by atoms with Gasteiger partial charge in [0.25, 0.3) is 5.56 Å². The molecule has 1 aromatic heterocycles. The minimum Gasteiger partial charge on any atom is -0.268 e. The Labute approximate surface area is 181 Å². The zero-order valence-corrected chi connectivity index (χ0v) is 17.3. The Morgan fingerprint density at radius 3 is 2.48 bits per heavy atom. The van der Waals surface area contributed by atoms with Crippen LogP contribution in [0.2, 0.25) is 10.0 Å². The monoisotopic (exact) mass is 437 g/mol. The van der Waals surface area contributed by atoms with E-state index in [1.807, 2.05) is 18.2 Å². The first-order chi connectivity index (χ1) is 14.1. The normalized spacial score (nSPS) is 10.8. The molecular weight excluding hydrogens is 425 g/mol. The van der Waals surface area contributed by atoms with Crippen LogP contribution in [0.15, 0.2) is 76.7 Å². The van der Waals surface area contributed by atoms with Gasteiger partial charge < -0.3 is 0 Å². The molecule has 0 aliphatic heterocycles. The Hall–Kier alpha value is -2.78. The van der Waals surface area contributed by atoms with Crippen LogP contribution in [-0.4, -0.2) is 9.55 Å². The van der Waals surface area contributed by atoms with E-state index in [0.717, 1.165) is 5.56 Å². The topological polar surface area (TPSA) is 58.7 Å². The highest BCUT2D eigenvalue weighted by atomic mass is 35.5. The van der Waals surface area contributed by atoms with Crippen LogP contribution in [0, 0.1) is 11.3 Å². The number of halogens is 2. The largest absolute Gasteiger partial charge is 0.268 e. The van der Waals surface area contributed by atoms with E-state index in [0.29, 0.717) is 43.1 Å². The SMILES string of the molecule is N#Cc1ccccc1CSc1nc2cc(Cl)ccc2c(=O)n1-c1ccc(Cl)cc1. The van der Waals surface area contributed by atoms with Crippen LogP contribution in [0.5, 0.6) is 0 Å². The fraction of sp³-hybridized carbons (Fsp3) is 0.0455. The van der Waals surface area contributed by atoms with Gasteiger partial charge in [-0.3, -0.25) is 9.36 Å². The molecule has 4 rings (SSSR count). The van der Waals surface area contributed by atoms with E-state index in [1.165, 1.54) is 11.8 Å². The summed E-state index contributed by atoms with van der Waals surface area (Å²) in [5.74, 6) is 0.496. The van der Waals surface area contributed by atoms with Crippen molar-refractivity contribution >= 4 is 45.9 Å². The van der Waals surface area contributed by atoms with E-state index in [1.54, 1.807) is 53.1 Å². The van der Waals surface area contributed by atoms with Crippen LogP contribution >= 0.6 is 35.0 Å². The number of fused-ring (bicyclic) bond motifs is 1. The molecule has 4 aromatic rings. The number of rotatable bonds is 4. The quantitative estimate of drug-likeness (QED) is 0.296.